The molecule has 0 aromatic carbocycles. The maximum atomic E-state index is 6.53. The summed E-state index contributed by atoms with van der Waals surface area (Å²) in [5, 5.41) is 0. The molecule has 0 saturated heterocycles. The van der Waals surface area contributed by atoms with Gasteiger partial charge in [-0.1, -0.05) is 55.0 Å². The number of hydrogen-bond donors (Lipinski definition) is 0. The lowest BCUT2D eigenvalue weighted by atomic mass is 9.58. The van der Waals surface area contributed by atoms with Crippen LogP contribution in [-0.4, -0.2) is 17.0 Å². The average Bonchev–Trinajstić information content (AvgIpc) is 2.39. The van der Waals surface area contributed by atoms with Crippen LogP contribution in [0.3, 0.4) is 0 Å². The Morgan fingerprint density at radius 1 is 1.00 bits per heavy atom. The molecule has 0 aliphatic heterocycles. The molecule has 3 aliphatic carbocycles. The Bertz CT molecular complexity index is 285. The number of ether oxygens (including phenoxy) is 1. The predicted octanol–water partition coefficient (Wildman–Crippen LogP) is 5.07. The fourth-order valence-corrected chi connectivity index (χ4v) is 5.56. The van der Waals surface area contributed by atoms with Crippen LogP contribution < -0.4 is 0 Å². The summed E-state index contributed by atoms with van der Waals surface area (Å²) >= 11 is 3.92. The van der Waals surface area contributed by atoms with Gasteiger partial charge >= 0.3 is 0 Å². The fraction of sp³-hybridized carbons (Fsp3) is 1.00. The molecule has 18 heavy (non-hydrogen) atoms. The van der Waals surface area contributed by atoms with E-state index in [1.165, 1.54) is 64.2 Å². The average molecular weight is 315 g/mol. The number of rotatable bonds is 2. The monoisotopic (exact) mass is 314 g/mol. The van der Waals surface area contributed by atoms with Gasteiger partial charge in [0.15, 0.2) is 0 Å². The van der Waals surface area contributed by atoms with E-state index in [1.54, 1.807) is 0 Å². The first-order chi connectivity index (χ1) is 8.71. The highest BCUT2D eigenvalue weighted by Gasteiger charge is 2.55. The first kappa shape index (κ1) is 13.4. The molecule has 0 bridgehead atoms. The summed E-state index contributed by atoms with van der Waals surface area (Å²) < 4.78 is 6.53. The van der Waals surface area contributed by atoms with Crippen molar-refractivity contribution in [1.29, 1.82) is 0 Å². The van der Waals surface area contributed by atoms with Crippen molar-refractivity contribution in [3.63, 3.8) is 0 Å². The molecule has 2 heteroatoms. The summed E-state index contributed by atoms with van der Waals surface area (Å²) in [5.41, 5.74) is 0.513. The van der Waals surface area contributed by atoms with E-state index in [4.69, 9.17) is 4.74 Å². The summed E-state index contributed by atoms with van der Waals surface area (Å²) in [6.07, 6.45) is 14.9. The van der Waals surface area contributed by atoms with Gasteiger partial charge in [-0.3, -0.25) is 0 Å². The van der Waals surface area contributed by atoms with E-state index >= 15 is 0 Å². The molecule has 1 spiro atoms. The summed E-state index contributed by atoms with van der Waals surface area (Å²) in [6.45, 7) is 2.39. The van der Waals surface area contributed by atoms with E-state index in [0.29, 0.717) is 17.6 Å². The van der Waals surface area contributed by atoms with Crippen molar-refractivity contribution >= 4 is 15.9 Å². The SMILES string of the molecule is CC1CCCC(OC2CC(Br)C23CCCCC3)C1. The van der Waals surface area contributed by atoms with Crippen molar-refractivity contribution in [2.75, 3.05) is 0 Å². The zero-order chi connectivity index (χ0) is 12.6. The van der Waals surface area contributed by atoms with Gasteiger partial charge in [0.2, 0.25) is 0 Å². The molecule has 1 nitrogen and oxygen atoms in total. The van der Waals surface area contributed by atoms with Gasteiger partial charge in [-0.05, 0) is 38.0 Å². The lowest BCUT2D eigenvalue weighted by Crippen LogP contribution is -2.57. The molecule has 4 atom stereocenters. The number of hydrogen-bond acceptors (Lipinski definition) is 1. The standard InChI is InChI=1S/C16H27BrO/c1-12-6-5-7-13(10-12)18-15-11-14(17)16(15)8-3-2-4-9-16/h12-15H,2-11H2,1H3. The van der Waals surface area contributed by atoms with Crippen LogP contribution in [0.25, 0.3) is 0 Å². The largest absolute Gasteiger partial charge is 0.374 e. The quantitative estimate of drug-likeness (QED) is 0.647. The molecule has 3 fully saturated rings. The molecular weight excluding hydrogens is 288 g/mol. The van der Waals surface area contributed by atoms with Crippen LogP contribution in [0.15, 0.2) is 0 Å². The zero-order valence-corrected chi connectivity index (χ0v) is 13.3. The molecule has 0 amide bonds. The summed E-state index contributed by atoms with van der Waals surface area (Å²) in [7, 11) is 0. The van der Waals surface area contributed by atoms with Crippen molar-refractivity contribution < 1.29 is 4.74 Å². The van der Waals surface area contributed by atoms with Crippen LogP contribution in [0, 0.1) is 11.3 Å². The summed E-state index contributed by atoms with van der Waals surface area (Å²) in [6, 6.07) is 0. The summed E-state index contributed by atoms with van der Waals surface area (Å²) in [4.78, 5) is 0.733. The smallest absolute Gasteiger partial charge is 0.0656 e. The molecular formula is C16H27BrO. The van der Waals surface area contributed by atoms with Gasteiger partial charge in [0, 0.05) is 10.2 Å². The highest BCUT2D eigenvalue weighted by molar-refractivity contribution is 9.09. The van der Waals surface area contributed by atoms with Crippen molar-refractivity contribution in [1.82, 2.24) is 0 Å². The van der Waals surface area contributed by atoms with Gasteiger partial charge in [-0.15, -0.1) is 0 Å². The maximum Gasteiger partial charge on any atom is 0.0656 e. The second-order valence-corrected chi connectivity index (χ2v) is 8.12. The Labute approximate surface area is 120 Å². The third kappa shape index (κ3) is 2.40. The van der Waals surface area contributed by atoms with Gasteiger partial charge in [0.25, 0.3) is 0 Å². The van der Waals surface area contributed by atoms with E-state index in [0.717, 1.165) is 10.7 Å². The van der Waals surface area contributed by atoms with Crippen LogP contribution in [0.5, 0.6) is 0 Å². The van der Waals surface area contributed by atoms with E-state index in [1.807, 2.05) is 0 Å². The maximum absolute atomic E-state index is 6.53. The second-order valence-electron chi connectivity index (χ2n) is 7.02. The Morgan fingerprint density at radius 2 is 1.78 bits per heavy atom. The van der Waals surface area contributed by atoms with Gasteiger partial charge in [-0.2, -0.15) is 0 Å². The Morgan fingerprint density at radius 3 is 2.44 bits per heavy atom. The topological polar surface area (TPSA) is 9.23 Å². The lowest BCUT2D eigenvalue weighted by Gasteiger charge is -2.56. The summed E-state index contributed by atoms with van der Waals surface area (Å²) in [5.74, 6) is 0.880. The molecule has 0 aromatic rings. The molecule has 0 radical (unpaired) electrons. The molecule has 3 aliphatic rings. The lowest BCUT2D eigenvalue weighted by molar-refractivity contribution is -0.158. The van der Waals surface area contributed by atoms with Crippen molar-refractivity contribution in [3.8, 4) is 0 Å². The Balaban J connectivity index is 1.59. The second kappa shape index (κ2) is 5.44. The minimum Gasteiger partial charge on any atom is -0.374 e. The van der Waals surface area contributed by atoms with E-state index in [9.17, 15) is 0 Å². The Hall–Kier alpha value is 0.440. The van der Waals surface area contributed by atoms with Gasteiger partial charge in [0.1, 0.15) is 0 Å². The number of halogens is 1. The molecule has 4 unspecified atom stereocenters. The van der Waals surface area contributed by atoms with Gasteiger partial charge in [-0.25, -0.2) is 0 Å². The number of alkyl halides is 1. The van der Waals surface area contributed by atoms with Crippen LogP contribution >= 0.6 is 15.9 Å². The van der Waals surface area contributed by atoms with Gasteiger partial charge in [0.05, 0.1) is 12.2 Å². The van der Waals surface area contributed by atoms with Crippen molar-refractivity contribution in [3.05, 3.63) is 0 Å². The molecule has 0 N–H and O–H groups in total. The van der Waals surface area contributed by atoms with E-state index < -0.39 is 0 Å². The predicted molar refractivity (Wildman–Crippen MR) is 79.1 cm³/mol. The highest BCUT2D eigenvalue weighted by atomic mass is 79.9. The normalized spacial score (nSPS) is 43.7. The van der Waals surface area contributed by atoms with Crippen molar-refractivity contribution in [2.45, 2.75) is 88.2 Å². The van der Waals surface area contributed by atoms with Crippen LogP contribution in [0.4, 0.5) is 0 Å². The fourth-order valence-electron chi connectivity index (χ4n) is 4.47. The minimum atomic E-state index is 0.513. The molecule has 0 aromatic heterocycles. The van der Waals surface area contributed by atoms with Gasteiger partial charge < -0.3 is 4.74 Å². The molecule has 3 rings (SSSR count). The zero-order valence-electron chi connectivity index (χ0n) is 11.7. The van der Waals surface area contributed by atoms with Crippen LogP contribution in [0.1, 0.15) is 71.1 Å². The first-order valence-electron chi connectivity index (χ1n) is 8.00. The third-order valence-corrected chi connectivity index (χ3v) is 7.00. The van der Waals surface area contributed by atoms with Crippen LogP contribution in [0.2, 0.25) is 0 Å². The molecule has 104 valence electrons. The van der Waals surface area contributed by atoms with Crippen LogP contribution in [-0.2, 0) is 4.74 Å². The highest BCUT2D eigenvalue weighted by Crippen LogP contribution is 2.57. The Kier molecular flexibility index (Phi) is 4.06. The first-order valence-corrected chi connectivity index (χ1v) is 8.92. The molecule has 0 heterocycles. The van der Waals surface area contributed by atoms with E-state index in [-0.39, 0.29) is 0 Å². The van der Waals surface area contributed by atoms with E-state index in [2.05, 4.69) is 22.9 Å². The minimum absolute atomic E-state index is 0.513. The molecule has 3 saturated carbocycles. The van der Waals surface area contributed by atoms with Crippen molar-refractivity contribution in [2.24, 2.45) is 11.3 Å². The third-order valence-electron chi connectivity index (χ3n) is 5.72.